The van der Waals surface area contributed by atoms with Crippen molar-refractivity contribution in [3.8, 4) is 5.88 Å². The van der Waals surface area contributed by atoms with E-state index in [1.54, 1.807) is 7.11 Å². The molecule has 0 aliphatic rings. The van der Waals surface area contributed by atoms with Gasteiger partial charge in [-0.1, -0.05) is 20.8 Å². The van der Waals surface area contributed by atoms with E-state index in [1.807, 2.05) is 4.68 Å². The Bertz CT molecular complexity index is 376. The summed E-state index contributed by atoms with van der Waals surface area (Å²) in [7, 11) is 1.66. The molecule has 1 aromatic heterocycles. The van der Waals surface area contributed by atoms with Crippen LogP contribution in [0.25, 0.3) is 0 Å². The maximum absolute atomic E-state index is 9.19. The van der Waals surface area contributed by atoms with Gasteiger partial charge in [0.1, 0.15) is 0 Å². The molecule has 0 aliphatic carbocycles. The lowest BCUT2D eigenvalue weighted by Gasteiger charge is -2.17. The minimum absolute atomic E-state index is 0.0437. The highest BCUT2D eigenvalue weighted by atomic mass is 16.5. The summed E-state index contributed by atoms with van der Waals surface area (Å²) in [5, 5.41) is 13.8. The summed E-state index contributed by atoms with van der Waals surface area (Å²) in [6, 6.07) is 0.249. The number of aromatic nitrogens is 2. The number of hydrogen-bond acceptors (Lipinski definition) is 3. The Morgan fingerprint density at radius 3 is 2.29 bits per heavy atom. The lowest BCUT2D eigenvalue weighted by Crippen LogP contribution is -2.15. The number of hydrogen-bond donors (Lipinski definition) is 1. The molecule has 17 heavy (non-hydrogen) atoms. The van der Waals surface area contributed by atoms with Crippen LogP contribution in [0.15, 0.2) is 0 Å². The molecule has 1 rings (SSSR count). The number of ether oxygens (including phenoxy) is 1. The van der Waals surface area contributed by atoms with E-state index in [9.17, 15) is 5.11 Å². The highest BCUT2D eigenvalue weighted by molar-refractivity contribution is 5.36. The fourth-order valence-corrected chi connectivity index (χ4v) is 1.96. The van der Waals surface area contributed by atoms with E-state index in [0.29, 0.717) is 6.42 Å². The third-order valence-electron chi connectivity index (χ3n) is 2.71. The smallest absolute Gasteiger partial charge is 0.215 e. The van der Waals surface area contributed by atoms with Crippen LogP contribution in [-0.4, -0.2) is 28.6 Å². The van der Waals surface area contributed by atoms with Gasteiger partial charge in [0.25, 0.3) is 0 Å². The Hall–Kier alpha value is -1.03. The molecule has 4 heteroatoms. The third kappa shape index (κ3) is 2.80. The Kier molecular flexibility index (Phi) is 4.20. The van der Waals surface area contributed by atoms with Gasteiger partial charge in [0.05, 0.1) is 18.8 Å². The molecular weight excluding hydrogens is 216 g/mol. The van der Waals surface area contributed by atoms with E-state index in [2.05, 4.69) is 39.7 Å². The maximum Gasteiger partial charge on any atom is 0.215 e. The average molecular weight is 240 g/mol. The average Bonchev–Trinajstić information content (AvgIpc) is 2.56. The van der Waals surface area contributed by atoms with E-state index >= 15 is 0 Å². The summed E-state index contributed by atoms with van der Waals surface area (Å²) in [4.78, 5) is 0. The zero-order valence-electron chi connectivity index (χ0n) is 11.7. The van der Waals surface area contributed by atoms with Crippen LogP contribution >= 0.6 is 0 Å². The highest BCUT2D eigenvalue weighted by Gasteiger charge is 2.27. The summed E-state index contributed by atoms with van der Waals surface area (Å²) in [6.45, 7) is 10.6. The number of nitrogens with zero attached hydrogens (tertiary/aromatic N) is 2. The van der Waals surface area contributed by atoms with Crippen molar-refractivity contribution in [2.75, 3.05) is 13.7 Å². The molecule has 0 unspecified atom stereocenters. The summed E-state index contributed by atoms with van der Waals surface area (Å²) in [5.41, 5.74) is 1.99. The van der Waals surface area contributed by atoms with Crippen molar-refractivity contribution in [2.45, 2.75) is 52.5 Å². The molecule has 0 radical (unpaired) electrons. The van der Waals surface area contributed by atoms with Crippen molar-refractivity contribution in [3.05, 3.63) is 11.3 Å². The number of methoxy groups -OCH3 is 1. The third-order valence-corrected chi connectivity index (χ3v) is 2.71. The first-order valence-corrected chi connectivity index (χ1v) is 6.09. The molecule has 1 heterocycles. The van der Waals surface area contributed by atoms with Crippen LogP contribution in [0.4, 0.5) is 0 Å². The first kappa shape index (κ1) is 14.0. The molecule has 4 nitrogen and oxygen atoms in total. The molecule has 0 atom stereocenters. The van der Waals surface area contributed by atoms with Gasteiger partial charge in [0.2, 0.25) is 5.88 Å². The van der Waals surface area contributed by atoms with Crippen molar-refractivity contribution < 1.29 is 9.84 Å². The van der Waals surface area contributed by atoms with Crippen LogP contribution in [-0.2, 0) is 11.8 Å². The summed E-state index contributed by atoms with van der Waals surface area (Å²) >= 11 is 0. The van der Waals surface area contributed by atoms with Gasteiger partial charge >= 0.3 is 0 Å². The maximum atomic E-state index is 9.19. The minimum atomic E-state index is -0.0437. The summed E-state index contributed by atoms with van der Waals surface area (Å²) in [5.74, 6) is 0.777. The second kappa shape index (κ2) is 5.08. The van der Waals surface area contributed by atoms with Crippen molar-refractivity contribution in [1.29, 1.82) is 0 Å². The minimum Gasteiger partial charge on any atom is -0.481 e. The summed E-state index contributed by atoms with van der Waals surface area (Å²) in [6.07, 6.45) is 0.586. The highest BCUT2D eigenvalue weighted by Crippen LogP contribution is 2.33. The second-order valence-corrected chi connectivity index (χ2v) is 5.60. The Balaban J connectivity index is 3.39. The van der Waals surface area contributed by atoms with Crippen molar-refractivity contribution in [1.82, 2.24) is 9.78 Å². The monoisotopic (exact) mass is 240 g/mol. The summed E-state index contributed by atoms with van der Waals surface area (Å²) < 4.78 is 7.35. The predicted molar refractivity (Wildman–Crippen MR) is 68.7 cm³/mol. The van der Waals surface area contributed by atoms with E-state index < -0.39 is 0 Å². The number of aliphatic hydroxyl groups excluding tert-OH is 1. The lowest BCUT2D eigenvalue weighted by molar-refractivity contribution is 0.293. The molecule has 1 aromatic rings. The molecule has 98 valence electrons. The molecule has 0 saturated carbocycles. The zero-order chi connectivity index (χ0) is 13.2. The van der Waals surface area contributed by atoms with Gasteiger partial charge in [0, 0.05) is 24.0 Å². The Labute approximate surface area is 104 Å². The predicted octanol–water partition coefficient (Wildman–Crippen LogP) is 2.30. The van der Waals surface area contributed by atoms with Gasteiger partial charge in [-0.25, -0.2) is 4.68 Å². The van der Waals surface area contributed by atoms with Crippen LogP contribution in [0.1, 0.15) is 51.9 Å². The van der Waals surface area contributed by atoms with Gasteiger partial charge in [0.15, 0.2) is 0 Å². The standard InChI is InChI=1S/C13H24N2O2/c1-9(2)15-12(17-6)10(7-8-16)11(14-15)13(3,4)5/h9,16H,7-8H2,1-6H3. The molecule has 0 amide bonds. The van der Waals surface area contributed by atoms with Crippen LogP contribution in [0, 0.1) is 0 Å². The largest absolute Gasteiger partial charge is 0.481 e. The van der Waals surface area contributed by atoms with E-state index in [-0.39, 0.29) is 18.1 Å². The van der Waals surface area contributed by atoms with Crippen molar-refractivity contribution in [2.24, 2.45) is 0 Å². The van der Waals surface area contributed by atoms with E-state index in [4.69, 9.17) is 4.74 Å². The van der Waals surface area contributed by atoms with Crippen LogP contribution in [0.2, 0.25) is 0 Å². The molecule has 0 spiro atoms. The first-order valence-electron chi connectivity index (χ1n) is 6.09. The van der Waals surface area contributed by atoms with Crippen molar-refractivity contribution >= 4 is 0 Å². The first-order chi connectivity index (χ1) is 7.82. The molecule has 1 N–H and O–H groups in total. The molecular formula is C13H24N2O2. The Morgan fingerprint density at radius 2 is 1.94 bits per heavy atom. The van der Waals surface area contributed by atoms with Gasteiger partial charge < -0.3 is 9.84 Å². The molecule has 0 saturated heterocycles. The molecule has 0 aliphatic heterocycles. The van der Waals surface area contributed by atoms with Crippen LogP contribution in [0.5, 0.6) is 5.88 Å². The van der Waals surface area contributed by atoms with E-state index in [0.717, 1.165) is 17.1 Å². The van der Waals surface area contributed by atoms with Gasteiger partial charge in [-0.2, -0.15) is 5.10 Å². The number of rotatable bonds is 4. The lowest BCUT2D eigenvalue weighted by atomic mass is 9.88. The fraction of sp³-hybridized carbons (Fsp3) is 0.769. The number of aliphatic hydroxyl groups is 1. The van der Waals surface area contributed by atoms with Gasteiger partial charge in [-0.3, -0.25) is 0 Å². The van der Waals surface area contributed by atoms with Gasteiger partial charge in [-0.05, 0) is 13.8 Å². The molecule has 0 bridgehead atoms. The van der Waals surface area contributed by atoms with Gasteiger partial charge in [-0.15, -0.1) is 0 Å². The topological polar surface area (TPSA) is 47.3 Å². The SMILES string of the molecule is COc1c(CCO)c(C(C)(C)C)nn1C(C)C. The quantitative estimate of drug-likeness (QED) is 0.878. The van der Waals surface area contributed by atoms with Crippen LogP contribution in [0.3, 0.4) is 0 Å². The normalized spacial score (nSPS) is 12.2. The fourth-order valence-electron chi connectivity index (χ4n) is 1.96. The van der Waals surface area contributed by atoms with Crippen molar-refractivity contribution in [3.63, 3.8) is 0 Å². The molecule has 0 fully saturated rings. The second-order valence-electron chi connectivity index (χ2n) is 5.60. The van der Waals surface area contributed by atoms with Crippen LogP contribution < -0.4 is 4.74 Å². The zero-order valence-corrected chi connectivity index (χ0v) is 11.7. The van der Waals surface area contributed by atoms with E-state index in [1.165, 1.54) is 0 Å². The molecule has 0 aromatic carbocycles. The Morgan fingerprint density at radius 1 is 1.35 bits per heavy atom.